The highest BCUT2D eigenvalue weighted by Gasteiger charge is 2.02. The van der Waals surface area contributed by atoms with Crippen LogP contribution < -0.4 is 10.5 Å². The summed E-state index contributed by atoms with van der Waals surface area (Å²) in [7, 11) is 0. The van der Waals surface area contributed by atoms with E-state index in [1.807, 2.05) is 32.0 Å². The molecule has 0 spiro atoms. The second-order valence-electron chi connectivity index (χ2n) is 3.68. The number of rotatable bonds is 3. The van der Waals surface area contributed by atoms with E-state index in [0.717, 1.165) is 28.2 Å². The van der Waals surface area contributed by atoms with Crippen LogP contribution in [0, 0.1) is 13.8 Å². The Labute approximate surface area is 94.5 Å². The third-order valence-corrected chi connectivity index (χ3v) is 2.43. The Morgan fingerprint density at radius 1 is 1.12 bits per heavy atom. The largest absolute Gasteiger partial charge is 0.492 e. The van der Waals surface area contributed by atoms with Gasteiger partial charge < -0.3 is 10.5 Å². The Balaban J connectivity index is 2.41. The monoisotopic (exact) mass is 217 g/mol. The number of fused-ring (bicyclic) bond motifs is 1. The summed E-state index contributed by atoms with van der Waals surface area (Å²) in [6.07, 6.45) is 0. The molecule has 0 amide bonds. The van der Waals surface area contributed by atoms with Crippen LogP contribution in [0.1, 0.15) is 11.4 Å². The molecule has 0 radical (unpaired) electrons. The first-order chi connectivity index (χ1) is 7.70. The second-order valence-corrected chi connectivity index (χ2v) is 3.68. The van der Waals surface area contributed by atoms with Crippen LogP contribution in [0.3, 0.4) is 0 Å². The normalized spacial score (nSPS) is 10.7. The fourth-order valence-electron chi connectivity index (χ4n) is 1.48. The summed E-state index contributed by atoms with van der Waals surface area (Å²) < 4.78 is 5.44. The zero-order chi connectivity index (χ0) is 11.5. The summed E-state index contributed by atoms with van der Waals surface area (Å²) in [4.78, 5) is 8.92. The van der Waals surface area contributed by atoms with Crippen LogP contribution in [0.2, 0.25) is 0 Å². The Morgan fingerprint density at radius 2 is 1.81 bits per heavy atom. The highest BCUT2D eigenvalue weighted by molar-refractivity contribution is 5.76. The van der Waals surface area contributed by atoms with E-state index in [0.29, 0.717) is 13.2 Å². The molecule has 84 valence electrons. The molecular formula is C12H15N3O. The van der Waals surface area contributed by atoms with Gasteiger partial charge in [0.25, 0.3) is 0 Å². The van der Waals surface area contributed by atoms with Gasteiger partial charge in [-0.05, 0) is 26.0 Å². The summed E-state index contributed by atoms with van der Waals surface area (Å²) in [5.41, 5.74) is 9.04. The molecule has 4 heteroatoms. The maximum atomic E-state index is 5.44. The molecule has 1 heterocycles. The molecule has 0 aliphatic heterocycles. The standard InChI is InChI=1S/C12H15N3O/c1-8-9(2)15-12-7-10(16-6-5-13)3-4-11(12)14-8/h3-4,7H,5-6,13H2,1-2H3. The van der Waals surface area contributed by atoms with E-state index in [4.69, 9.17) is 10.5 Å². The van der Waals surface area contributed by atoms with Crippen molar-refractivity contribution in [2.75, 3.05) is 13.2 Å². The van der Waals surface area contributed by atoms with Gasteiger partial charge in [-0.3, -0.25) is 0 Å². The van der Waals surface area contributed by atoms with Crippen molar-refractivity contribution in [3.8, 4) is 5.75 Å². The first-order valence-electron chi connectivity index (χ1n) is 5.28. The maximum absolute atomic E-state index is 5.44. The van der Waals surface area contributed by atoms with Crippen molar-refractivity contribution in [3.05, 3.63) is 29.6 Å². The summed E-state index contributed by atoms with van der Waals surface area (Å²) in [5, 5.41) is 0. The summed E-state index contributed by atoms with van der Waals surface area (Å²) >= 11 is 0. The van der Waals surface area contributed by atoms with Gasteiger partial charge >= 0.3 is 0 Å². The summed E-state index contributed by atoms with van der Waals surface area (Å²) in [6.45, 7) is 4.94. The van der Waals surface area contributed by atoms with Crippen LogP contribution in [0.15, 0.2) is 18.2 Å². The van der Waals surface area contributed by atoms with Gasteiger partial charge in [0.2, 0.25) is 0 Å². The highest BCUT2D eigenvalue weighted by Crippen LogP contribution is 2.19. The molecule has 0 fully saturated rings. The zero-order valence-corrected chi connectivity index (χ0v) is 9.53. The van der Waals surface area contributed by atoms with E-state index >= 15 is 0 Å². The Bertz CT molecular complexity index is 511. The van der Waals surface area contributed by atoms with Gasteiger partial charge in [0.1, 0.15) is 12.4 Å². The van der Waals surface area contributed by atoms with Gasteiger partial charge in [0, 0.05) is 12.6 Å². The van der Waals surface area contributed by atoms with Crippen molar-refractivity contribution in [2.45, 2.75) is 13.8 Å². The van der Waals surface area contributed by atoms with Gasteiger partial charge in [-0.1, -0.05) is 0 Å². The quantitative estimate of drug-likeness (QED) is 0.848. The minimum atomic E-state index is 0.511. The average molecular weight is 217 g/mol. The summed E-state index contributed by atoms with van der Waals surface area (Å²) in [6, 6.07) is 5.70. The SMILES string of the molecule is Cc1nc2ccc(OCCN)cc2nc1C. The smallest absolute Gasteiger partial charge is 0.121 e. The van der Waals surface area contributed by atoms with Crippen LogP contribution >= 0.6 is 0 Å². The lowest BCUT2D eigenvalue weighted by Gasteiger charge is -2.06. The van der Waals surface area contributed by atoms with E-state index in [9.17, 15) is 0 Å². The molecule has 2 rings (SSSR count). The van der Waals surface area contributed by atoms with Crippen molar-refractivity contribution in [3.63, 3.8) is 0 Å². The lowest BCUT2D eigenvalue weighted by molar-refractivity contribution is 0.328. The molecule has 0 unspecified atom stereocenters. The molecule has 0 saturated carbocycles. The number of benzene rings is 1. The molecule has 4 nitrogen and oxygen atoms in total. The van der Waals surface area contributed by atoms with Gasteiger partial charge in [0.15, 0.2) is 0 Å². The molecule has 1 aromatic carbocycles. The van der Waals surface area contributed by atoms with Crippen molar-refractivity contribution in [2.24, 2.45) is 5.73 Å². The van der Waals surface area contributed by atoms with Crippen LogP contribution in [0.25, 0.3) is 11.0 Å². The van der Waals surface area contributed by atoms with Gasteiger partial charge in [-0.2, -0.15) is 0 Å². The van der Waals surface area contributed by atoms with Crippen LogP contribution in [0.4, 0.5) is 0 Å². The molecule has 0 aliphatic carbocycles. The zero-order valence-electron chi connectivity index (χ0n) is 9.53. The third-order valence-electron chi connectivity index (χ3n) is 2.43. The Morgan fingerprint density at radius 3 is 2.50 bits per heavy atom. The van der Waals surface area contributed by atoms with E-state index in [2.05, 4.69) is 9.97 Å². The number of nitrogens with zero attached hydrogens (tertiary/aromatic N) is 2. The molecule has 2 aromatic rings. The number of aromatic nitrogens is 2. The van der Waals surface area contributed by atoms with E-state index in [1.165, 1.54) is 0 Å². The van der Waals surface area contributed by atoms with Crippen molar-refractivity contribution < 1.29 is 4.74 Å². The molecular weight excluding hydrogens is 202 g/mol. The number of nitrogens with two attached hydrogens (primary N) is 1. The number of hydrogen-bond acceptors (Lipinski definition) is 4. The number of ether oxygens (including phenoxy) is 1. The molecule has 1 aromatic heterocycles. The topological polar surface area (TPSA) is 61.0 Å². The fraction of sp³-hybridized carbons (Fsp3) is 0.333. The molecule has 16 heavy (non-hydrogen) atoms. The number of hydrogen-bond donors (Lipinski definition) is 1. The molecule has 0 atom stereocenters. The molecule has 0 bridgehead atoms. The lowest BCUT2D eigenvalue weighted by atomic mass is 10.2. The average Bonchev–Trinajstić information content (AvgIpc) is 2.28. The molecule has 0 aliphatic rings. The maximum Gasteiger partial charge on any atom is 0.121 e. The second kappa shape index (κ2) is 4.45. The fourth-order valence-corrected chi connectivity index (χ4v) is 1.48. The Kier molecular flexibility index (Phi) is 3.01. The minimum Gasteiger partial charge on any atom is -0.492 e. The van der Waals surface area contributed by atoms with Crippen molar-refractivity contribution in [1.29, 1.82) is 0 Å². The highest BCUT2D eigenvalue weighted by atomic mass is 16.5. The predicted molar refractivity (Wildman–Crippen MR) is 63.6 cm³/mol. The first-order valence-corrected chi connectivity index (χ1v) is 5.28. The van der Waals surface area contributed by atoms with Gasteiger partial charge in [0.05, 0.1) is 22.4 Å². The first kappa shape index (κ1) is 10.8. The molecule has 2 N–H and O–H groups in total. The van der Waals surface area contributed by atoms with Gasteiger partial charge in [-0.25, -0.2) is 9.97 Å². The lowest BCUT2D eigenvalue weighted by Crippen LogP contribution is -2.10. The third kappa shape index (κ3) is 2.12. The van der Waals surface area contributed by atoms with E-state index < -0.39 is 0 Å². The van der Waals surface area contributed by atoms with E-state index in [1.54, 1.807) is 0 Å². The predicted octanol–water partition coefficient (Wildman–Crippen LogP) is 1.58. The van der Waals surface area contributed by atoms with E-state index in [-0.39, 0.29) is 0 Å². The van der Waals surface area contributed by atoms with Crippen LogP contribution in [-0.2, 0) is 0 Å². The minimum absolute atomic E-state index is 0.511. The van der Waals surface area contributed by atoms with Crippen LogP contribution in [0.5, 0.6) is 5.75 Å². The van der Waals surface area contributed by atoms with Crippen molar-refractivity contribution >= 4 is 11.0 Å². The molecule has 0 saturated heterocycles. The Hall–Kier alpha value is -1.68. The summed E-state index contributed by atoms with van der Waals surface area (Å²) in [5.74, 6) is 0.788. The van der Waals surface area contributed by atoms with Crippen LogP contribution in [-0.4, -0.2) is 23.1 Å². The van der Waals surface area contributed by atoms with Crippen molar-refractivity contribution in [1.82, 2.24) is 9.97 Å². The number of aryl methyl sites for hydroxylation is 2. The van der Waals surface area contributed by atoms with Gasteiger partial charge in [-0.15, -0.1) is 0 Å².